The molecule has 0 heterocycles. The number of sulfonamides is 1. The molecule has 238 valence electrons. The van der Waals surface area contributed by atoms with Crippen molar-refractivity contribution in [1.82, 2.24) is 20.3 Å². The molecule has 2 aromatic carbocycles. The van der Waals surface area contributed by atoms with Crippen LogP contribution in [0.4, 0.5) is 0 Å². The van der Waals surface area contributed by atoms with E-state index >= 15 is 0 Å². The highest BCUT2D eigenvalue weighted by atomic mass is 32.2. The van der Waals surface area contributed by atoms with Crippen LogP contribution in [0.2, 0.25) is 0 Å². The average molecular weight is 617 g/mol. The summed E-state index contributed by atoms with van der Waals surface area (Å²) < 4.78 is 34.3. The lowest BCUT2D eigenvalue weighted by Gasteiger charge is -2.40. The van der Waals surface area contributed by atoms with Crippen LogP contribution in [-0.4, -0.2) is 74.2 Å². The van der Waals surface area contributed by atoms with E-state index < -0.39 is 15.7 Å². The van der Waals surface area contributed by atoms with Crippen molar-refractivity contribution in [3.8, 4) is 5.75 Å². The van der Waals surface area contributed by atoms with E-state index in [0.717, 1.165) is 18.4 Å². The minimum Gasteiger partial charge on any atom is -0.497 e. The van der Waals surface area contributed by atoms with Gasteiger partial charge in [-0.2, -0.15) is 4.31 Å². The molecule has 43 heavy (non-hydrogen) atoms. The maximum absolute atomic E-state index is 14.0. The van der Waals surface area contributed by atoms with Gasteiger partial charge in [-0.1, -0.05) is 44.2 Å². The maximum atomic E-state index is 14.0. The van der Waals surface area contributed by atoms with Crippen molar-refractivity contribution in [3.63, 3.8) is 0 Å². The smallest absolute Gasteiger partial charge is 0.245 e. The van der Waals surface area contributed by atoms with Gasteiger partial charge in [0.15, 0.2) is 0 Å². The molecule has 11 heteroatoms. The van der Waals surface area contributed by atoms with Crippen LogP contribution in [0.15, 0.2) is 59.5 Å². The van der Waals surface area contributed by atoms with Gasteiger partial charge < -0.3 is 25.8 Å². The van der Waals surface area contributed by atoms with Gasteiger partial charge in [-0.25, -0.2) is 8.42 Å². The quantitative estimate of drug-likeness (QED) is 0.178. The molecular formula is C32H48N4O6S. The monoisotopic (exact) mass is 616 g/mol. The molecule has 0 radical (unpaired) electrons. The summed E-state index contributed by atoms with van der Waals surface area (Å²) in [4.78, 5) is 24.7. The van der Waals surface area contributed by atoms with Crippen molar-refractivity contribution in [2.45, 2.75) is 88.4 Å². The predicted octanol–water partition coefficient (Wildman–Crippen LogP) is 3.21. The highest BCUT2D eigenvalue weighted by molar-refractivity contribution is 7.89. The van der Waals surface area contributed by atoms with Gasteiger partial charge in [0.2, 0.25) is 21.8 Å². The van der Waals surface area contributed by atoms with Crippen molar-refractivity contribution < 1.29 is 27.9 Å². The number of ether oxygens (including phenoxy) is 1. The van der Waals surface area contributed by atoms with E-state index in [1.165, 1.54) is 23.5 Å². The molecule has 0 aliphatic heterocycles. The van der Waals surface area contributed by atoms with E-state index in [-0.39, 0.29) is 61.0 Å². The minimum atomic E-state index is -4.11. The number of nitrogens with one attached hydrogen (secondary N) is 3. The number of amides is 2. The Morgan fingerprint density at radius 2 is 1.72 bits per heavy atom. The fourth-order valence-corrected chi connectivity index (χ4v) is 6.74. The van der Waals surface area contributed by atoms with Crippen molar-refractivity contribution >= 4 is 21.8 Å². The molecule has 0 spiro atoms. The summed E-state index contributed by atoms with van der Waals surface area (Å²) in [5.74, 6) is 0.220. The Morgan fingerprint density at radius 1 is 1.05 bits per heavy atom. The largest absolute Gasteiger partial charge is 0.497 e. The van der Waals surface area contributed by atoms with Gasteiger partial charge in [0.1, 0.15) is 11.5 Å². The Labute approximate surface area is 256 Å². The molecule has 0 saturated heterocycles. The number of nitrogens with zero attached hydrogens (tertiary/aromatic N) is 1. The summed E-state index contributed by atoms with van der Waals surface area (Å²) in [7, 11) is -2.60. The molecule has 1 aliphatic rings. The van der Waals surface area contributed by atoms with Gasteiger partial charge in [-0.15, -0.1) is 0 Å². The first-order chi connectivity index (χ1) is 20.4. The molecule has 1 fully saturated rings. The summed E-state index contributed by atoms with van der Waals surface area (Å²) in [6.07, 6.45) is 3.80. The molecule has 0 aromatic heterocycles. The van der Waals surface area contributed by atoms with Crippen LogP contribution in [0.5, 0.6) is 5.75 Å². The van der Waals surface area contributed by atoms with E-state index in [9.17, 15) is 23.1 Å². The first kappa shape index (κ1) is 34.5. The van der Waals surface area contributed by atoms with Crippen LogP contribution in [0.1, 0.15) is 64.9 Å². The first-order valence-electron chi connectivity index (χ1n) is 15.2. The number of carbonyl (C=O) groups is 2. The number of aliphatic hydroxyl groups is 1. The number of rotatable bonds is 19. The summed E-state index contributed by atoms with van der Waals surface area (Å²) >= 11 is 0. The van der Waals surface area contributed by atoms with Crippen LogP contribution < -0.4 is 20.7 Å². The van der Waals surface area contributed by atoms with Gasteiger partial charge in [-0.3, -0.25) is 9.59 Å². The Bertz CT molecular complexity index is 1270. The number of hydrogen-bond donors (Lipinski definition) is 4. The van der Waals surface area contributed by atoms with Crippen LogP contribution in [0.3, 0.4) is 0 Å². The van der Waals surface area contributed by atoms with Crippen molar-refractivity contribution in [2.75, 3.05) is 26.7 Å². The first-order valence-corrected chi connectivity index (χ1v) is 16.6. The molecule has 2 atom stereocenters. The Morgan fingerprint density at radius 3 is 2.33 bits per heavy atom. The molecule has 2 aromatic rings. The minimum absolute atomic E-state index is 0.00378. The third-order valence-electron chi connectivity index (χ3n) is 7.40. The van der Waals surface area contributed by atoms with Crippen molar-refractivity contribution in [2.24, 2.45) is 5.92 Å². The van der Waals surface area contributed by atoms with E-state index in [4.69, 9.17) is 4.74 Å². The van der Waals surface area contributed by atoms with E-state index in [1.54, 1.807) is 12.1 Å². The molecule has 10 nitrogen and oxygen atoms in total. The van der Waals surface area contributed by atoms with Crippen LogP contribution in [0.25, 0.3) is 0 Å². The lowest BCUT2D eigenvalue weighted by Crippen LogP contribution is -2.55. The lowest BCUT2D eigenvalue weighted by atomic mass is 9.98. The zero-order valence-electron chi connectivity index (χ0n) is 25.8. The highest BCUT2D eigenvalue weighted by Crippen LogP contribution is 2.31. The normalized spacial score (nSPS) is 15.6. The molecular weight excluding hydrogens is 568 g/mol. The van der Waals surface area contributed by atoms with Gasteiger partial charge in [0.05, 0.1) is 18.6 Å². The van der Waals surface area contributed by atoms with Gasteiger partial charge in [0, 0.05) is 44.4 Å². The van der Waals surface area contributed by atoms with E-state index in [0.29, 0.717) is 31.2 Å². The molecule has 3 rings (SSSR count). The second-order valence-electron chi connectivity index (χ2n) is 11.9. The van der Waals surface area contributed by atoms with E-state index in [2.05, 4.69) is 16.0 Å². The zero-order chi connectivity index (χ0) is 31.5. The molecule has 4 N–H and O–H groups in total. The summed E-state index contributed by atoms with van der Waals surface area (Å²) in [5.41, 5.74) is -1.02. The number of methoxy groups -OCH3 is 1. The Balaban J connectivity index is 1.65. The molecule has 1 saturated carbocycles. The second kappa shape index (κ2) is 16.2. The van der Waals surface area contributed by atoms with E-state index in [1.807, 2.05) is 51.1 Å². The molecule has 2 amide bonds. The van der Waals surface area contributed by atoms with Crippen LogP contribution in [0, 0.1) is 5.92 Å². The second-order valence-corrected chi connectivity index (χ2v) is 13.7. The third-order valence-corrected chi connectivity index (χ3v) is 9.33. The predicted molar refractivity (Wildman–Crippen MR) is 167 cm³/mol. The fourth-order valence-electron chi connectivity index (χ4n) is 4.90. The third kappa shape index (κ3) is 11.2. The summed E-state index contributed by atoms with van der Waals surface area (Å²) in [6, 6.07) is 15.8. The number of hydrogen-bond acceptors (Lipinski definition) is 7. The highest BCUT2D eigenvalue weighted by Gasteiger charge is 2.43. The number of carbonyl (C=O) groups excluding carboxylic acids is 2. The SMILES string of the molecule is COc1ccc(S(=O)(=O)N(CC(C)C)C(O)(CCNC(=O)CCCC(C)NC(=O)CNC2CC2)Cc2ccccc2)cc1. The van der Waals surface area contributed by atoms with Gasteiger partial charge >= 0.3 is 0 Å². The van der Waals surface area contributed by atoms with Gasteiger partial charge in [-0.05, 0) is 68.4 Å². The topological polar surface area (TPSA) is 137 Å². The number of benzene rings is 2. The van der Waals surface area contributed by atoms with Gasteiger partial charge in [0.25, 0.3) is 0 Å². The van der Waals surface area contributed by atoms with Crippen LogP contribution in [-0.2, 0) is 26.0 Å². The molecule has 2 unspecified atom stereocenters. The zero-order valence-corrected chi connectivity index (χ0v) is 26.7. The Kier molecular flexibility index (Phi) is 13.0. The van der Waals surface area contributed by atoms with Crippen molar-refractivity contribution in [3.05, 3.63) is 60.2 Å². The van der Waals surface area contributed by atoms with Crippen LogP contribution >= 0.6 is 0 Å². The summed E-state index contributed by atoms with van der Waals surface area (Å²) in [5, 5.41) is 21.1. The molecule has 1 aliphatic carbocycles. The maximum Gasteiger partial charge on any atom is 0.245 e. The standard InChI is InChI=1S/C32H48N4O6S/c1-24(2)23-36(43(40,41)29-17-15-28(42-4)16-18-29)32(39,21-26-10-6-5-7-11-26)19-20-33-30(37)12-8-9-25(3)35-31(38)22-34-27-13-14-27/h5-7,10-11,15-18,24-25,27,34,39H,8-9,12-14,19-23H2,1-4H3,(H,33,37)(H,35,38). The average Bonchev–Trinajstić information content (AvgIpc) is 3.80. The lowest BCUT2D eigenvalue weighted by molar-refractivity contribution is -0.122. The fraction of sp³-hybridized carbons (Fsp3) is 0.562. The van der Waals surface area contributed by atoms with Crippen molar-refractivity contribution in [1.29, 1.82) is 0 Å². The Hall–Kier alpha value is -2.99. The summed E-state index contributed by atoms with van der Waals surface area (Å²) in [6.45, 7) is 6.20. The molecule has 0 bridgehead atoms.